The van der Waals surface area contributed by atoms with Crippen molar-refractivity contribution in [2.75, 3.05) is 0 Å². The SMILES string of the molecule is CC(C)(O)Cc1cc2ccc(Cl)cc2s1. The van der Waals surface area contributed by atoms with E-state index in [0.717, 1.165) is 5.02 Å². The molecule has 0 saturated heterocycles. The van der Waals surface area contributed by atoms with Gasteiger partial charge in [0.25, 0.3) is 0 Å². The van der Waals surface area contributed by atoms with Gasteiger partial charge in [0.1, 0.15) is 0 Å². The van der Waals surface area contributed by atoms with E-state index < -0.39 is 5.60 Å². The predicted molar refractivity (Wildman–Crippen MR) is 66.8 cm³/mol. The molecule has 1 aromatic heterocycles. The normalized spacial score (nSPS) is 12.3. The molecule has 0 saturated carbocycles. The molecular formula is C12H13ClOS. The molecular weight excluding hydrogens is 228 g/mol. The molecule has 80 valence electrons. The zero-order chi connectivity index (χ0) is 11.1. The van der Waals surface area contributed by atoms with Gasteiger partial charge in [0.05, 0.1) is 5.60 Å². The number of hydrogen-bond donors (Lipinski definition) is 1. The second-order valence-corrected chi connectivity index (χ2v) is 5.99. The molecule has 0 spiro atoms. The van der Waals surface area contributed by atoms with Gasteiger partial charge < -0.3 is 5.11 Å². The molecule has 0 unspecified atom stereocenters. The fraction of sp³-hybridized carbons (Fsp3) is 0.333. The molecule has 1 heterocycles. The molecule has 0 bridgehead atoms. The Kier molecular flexibility index (Phi) is 2.75. The molecule has 0 aliphatic rings. The fourth-order valence-electron chi connectivity index (χ4n) is 1.57. The zero-order valence-electron chi connectivity index (χ0n) is 8.75. The summed E-state index contributed by atoms with van der Waals surface area (Å²) < 4.78 is 1.18. The Balaban J connectivity index is 2.39. The summed E-state index contributed by atoms with van der Waals surface area (Å²) in [4.78, 5) is 1.19. The summed E-state index contributed by atoms with van der Waals surface area (Å²) in [6.07, 6.45) is 0.684. The molecule has 0 fully saturated rings. The minimum absolute atomic E-state index is 0.648. The standard InChI is InChI=1S/C12H13ClOS/c1-12(2,14)7-10-5-8-3-4-9(13)6-11(8)15-10/h3-6,14H,7H2,1-2H3. The first kappa shape index (κ1) is 10.9. The quantitative estimate of drug-likeness (QED) is 0.845. The van der Waals surface area contributed by atoms with Crippen LogP contribution in [-0.2, 0) is 6.42 Å². The maximum Gasteiger partial charge on any atom is 0.0639 e. The van der Waals surface area contributed by atoms with Crippen LogP contribution >= 0.6 is 22.9 Å². The van der Waals surface area contributed by atoms with Gasteiger partial charge in [-0.1, -0.05) is 17.7 Å². The topological polar surface area (TPSA) is 20.2 Å². The van der Waals surface area contributed by atoms with E-state index in [2.05, 4.69) is 6.07 Å². The van der Waals surface area contributed by atoms with Gasteiger partial charge in [-0.15, -0.1) is 11.3 Å². The lowest BCUT2D eigenvalue weighted by Crippen LogP contribution is -2.20. The summed E-state index contributed by atoms with van der Waals surface area (Å²) in [5.41, 5.74) is -0.648. The summed E-state index contributed by atoms with van der Waals surface area (Å²) in [6, 6.07) is 8.00. The van der Waals surface area contributed by atoms with Crippen LogP contribution in [0.25, 0.3) is 10.1 Å². The van der Waals surface area contributed by atoms with Crippen molar-refractivity contribution in [3.63, 3.8) is 0 Å². The van der Waals surface area contributed by atoms with Crippen molar-refractivity contribution in [2.45, 2.75) is 25.9 Å². The van der Waals surface area contributed by atoms with Gasteiger partial charge in [-0.25, -0.2) is 0 Å². The number of benzene rings is 1. The minimum Gasteiger partial charge on any atom is -0.390 e. The van der Waals surface area contributed by atoms with Crippen molar-refractivity contribution >= 4 is 33.0 Å². The summed E-state index contributed by atoms with van der Waals surface area (Å²) in [5.74, 6) is 0. The molecule has 2 aromatic rings. The first-order valence-corrected chi connectivity index (χ1v) is 6.04. The first-order chi connectivity index (χ1) is 6.94. The second kappa shape index (κ2) is 3.78. The minimum atomic E-state index is -0.648. The Hall–Kier alpha value is -0.570. The van der Waals surface area contributed by atoms with E-state index in [0.29, 0.717) is 6.42 Å². The lowest BCUT2D eigenvalue weighted by Gasteiger charge is -2.14. The van der Waals surface area contributed by atoms with Gasteiger partial charge in [0.2, 0.25) is 0 Å². The highest BCUT2D eigenvalue weighted by Gasteiger charge is 2.15. The highest BCUT2D eigenvalue weighted by molar-refractivity contribution is 7.19. The Bertz CT molecular complexity index is 482. The van der Waals surface area contributed by atoms with E-state index in [1.807, 2.05) is 32.0 Å². The molecule has 0 atom stereocenters. The number of thiophene rings is 1. The summed E-state index contributed by atoms with van der Waals surface area (Å²) in [6.45, 7) is 3.65. The maximum absolute atomic E-state index is 9.73. The number of fused-ring (bicyclic) bond motifs is 1. The first-order valence-electron chi connectivity index (χ1n) is 4.84. The Morgan fingerprint density at radius 1 is 1.33 bits per heavy atom. The lowest BCUT2D eigenvalue weighted by atomic mass is 10.0. The lowest BCUT2D eigenvalue weighted by molar-refractivity contribution is 0.0819. The van der Waals surface area contributed by atoms with Gasteiger partial charge in [-0.2, -0.15) is 0 Å². The van der Waals surface area contributed by atoms with Crippen LogP contribution in [0, 0.1) is 0 Å². The third-order valence-corrected chi connectivity index (χ3v) is 3.47. The summed E-state index contributed by atoms with van der Waals surface area (Å²) in [7, 11) is 0. The molecule has 0 amide bonds. The van der Waals surface area contributed by atoms with E-state index in [1.165, 1.54) is 15.0 Å². The van der Waals surface area contributed by atoms with Crippen LogP contribution < -0.4 is 0 Å². The van der Waals surface area contributed by atoms with E-state index >= 15 is 0 Å². The van der Waals surface area contributed by atoms with Crippen LogP contribution in [0.3, 0.4) is 0 Å². The van der Waals surface area contributed by atoms with Crippen LogP contribution in [0.4, 0.5) is 0 Å². The van der Waals surface area contributed by atoms with Crippen molar-refractivity contribution in [3.8, 4) is 0 Å². The molecule has 1 aromatic carbocycles. The number of hydrogen-bond acceptors (Lipinski definition) is 2. The van der Waals surface area contributed by atoms with Gasteiger partial charge >= 0.3 is 0 Å². The number of rotatable bonds is 2. The van der Waals surface area contributed by atoms with E-state index in [1.54, 1.807) is 11.3 Å². The van der Waals surface area contributed by atoms with Crippen LogP contribution in [0.2, 0.25) is 5.02 Å². The third-order valence-electron chi connectivity index (χ3n) is 2.14. The molecule has 0 radical (unpaired) electrons. The second-order valence-electron chi connectivity index (χ2n) is 4.38. The third kappa shape index (κ3) is 2.71. The van der Waals surface area contributed by atoms with Crippen molar-refractivity contribution < 1.29 is 5.11 Å². The van der Waals surface area contributed by atoms with Gasteiger partial charge in [0.15, 0.2) is 0 Å². The molecule has 3 heteroatoms. The van der Waals surface area contributed by atoms with Crippen LogP contribution in [-0.4, -0.2) is 10.7 Å². The van der Waals surface area contributed by atoms with Gasteiger partial charge in [-0.05, 0) is 37.4 Å². The molecule has 0 aliphatic heterocycles. The fourth-order valence-corrected chi connectivity index (χ4v) is 3.13. The average molecular weight is 241 g/mol. The van der Waals surface area contributed by atoms with Crippen molar-refractivity contribution in [1.29, 1.82) is 0 Å². The van der Waals surface area contributed by atoms with Crippen molar-refractivity contribution in [2.24, 2.45) is 0 Å². The van der Waals surface area contributed by atoms with Crippen molar-refractivity contribution in [3.05, 3.63) is 34.2 Å². The van der Waals surface area contributed by atoms with Gasteiger partial charge in [0, 0.05) is 21.0 Å². The highest BCUT2D eigenvalue weighted by atomic mass is 35.5. The smallest absolute Gasteiger partial charge is 0.0639 e. The van der Waals surface area contributed by atoms with E-state index in [9.17, 15) is 5.11 Å². The summed E-state index contributed by atoms with van der Waals surface area (Å²) in [5, 5.41) is 11.7. The van der Waals surface area contributed by atoms with Crippen LogP contribution in [0.1, 0.15) is 18.7 Å². The zero-order valence-corrected chi connectivity index (χ0v) is 10.3. The molecule has 1 nitrogen and oxygen atoms in total. The van der Waals surface area contributed by atoms with E-state index in [4.69, 9.17) is 11.6 Å². The summed E-state index contributed by atoms with van der Waals surface area (Å²) >= 11 is 7.61. The van der Waals surface area contributed by atoms with Gasteiger partial charge in [-0.3, -0.25) is 0 Å². The van der Waals surface area contributed by atoms with Crippen LogP contribution in [0.15, 0.2) is 24.3 Å². The highest BCUT2D eigenvalue weighted by Crippen LogP contribution is 2.30. The molecule has 0 aliphatic carbocycles. The number of aliphatic hydroxyl groups is 1. The van der Waals surface area contributed by atoms with Crippen LogP contribution in [0.5, 0.6) is 0 Å². The Labute approximate surface area is 98.3 Å². The van der Waals surface area contributed by atoms with E-state index in [-0.39, 0.29) is 0 Å². The number of halogens is 1. The maximum atomic E-state index is 9.73. The largest absolute Gasteiger partial charge is 0.390 e. The predicted octanol–water partition coefficient (Wildman–Crippen LogP) is 3.87. The monoisotopic (exact) mass is 240 g/mol. The molecule has 15 heavy (non-hydrogen) atoms. The average Bonchev–Trinajstić information content (AvgIpc) is 2.42. The Morgan fingerprint density at radius 3 is 2.73 bits per heavy atom. The Morgan fingerprint density at radius 2 is 2.07 bits per heavy atom. The molecule has 2 rings (SSSR count). The molecule has 1 N–H and O–H groups in total. The van der Waals surface area contributed by atoms with Crippen molar-refractivity contribution in [1.82, 2.24) is 0 Å².